The van der Waals surface area contributed by atoms with Gasteiger partial charge in [-0.2, -0.15) is 30.7 Å². The number of hydrogen-bond acceptors (Lipinski definition) is 1. The first-order valence-electron chi connectivity index (χ1n) is 7.58. The van der Waals surface area contributed by atoms with E-state index >= 15 is 0 Å². The molecule has 3 rings (SSSR count). The molecule has 0 N–H and O–H groups in total. The SMILES string of the molecule is Fc1ncc(-c2ccccc2C(F)(F)F)cc1-c1ccccc1C(F)(F)F. The van der Waals surface area contributed by atoms with Crippen molar-refractivity contribution in [2.75, 3.05) is 0 Å². The molecule has 0 aliphatic rings. The highest BCUT2D eigenvalue weighted by Crippen LogP contribution is 2.40. The Morgan fingerprint density at radius 2 is 1.11 bits per heavy atom. The van der Waals surface area contributed by atoms with E-state index in [9.17, 15) is 30.7 Å². The topological polar surface area (TPSA) is 12.9 Å². The first-order valence-corrected chi connectivity index (χ1v) is 7.58. The van der Waals surface area contributed by atoms with Gasteiger partial charge in [0, 0.05) is 17.3 Å². The quantitative estimate of drug-likeness (QED) is 0.358. The Kier molecular flexibility index (Phi) is 4.67. The lowest BCUT2D eigenvalue weighted by Crippen LogP contribution is -2.08. The molecular weight excluding hydrogens is 375 g/mol. The first kappa shape index (κ1) is 18.9. The summed E-state index contributed by atoms with van der Waals surface area (Å²) in [7, 11) is 0. The molecule has 1 aromatic heterocycles. The maximum atomic E-state index is 14.2. The van der Waals surface area contributed by atoms with Gasteiger partial charge in [-0.05, 0) is 29.3 Å². The molecule has 0 aliphatic carbocycles. The van der Waals surface area contributed by atoms with Gasteiger partial charge in [0.2, 0.25) is 5.95 Å². The molecule has 1 nitrogen and oxygen atoms in total. The molecule has 0 fully saturated rings. The fourth-order valence-corrected chi connectivity index (χ4v) is 2.73. The van der Waals surface area contributed by atoms with Gasteiger partial charge in [0.25, 0.3) is 0 Å². The summed E-state index contributed by atoms with van der Waals surface area (Å²) in [5, 5.41) is 0. The van der Waals surface area contributed by atoms with Crippen molar-refractivity contribution in [3.63, 3.8) is 0 Å². The summed E-state index contributed by atoms with van der Waals surface area (Å²) in [5.41, 5.74) is -3.57. The van der Waals surface area contributed by atoms with Gasteiger partial charge in [0.05, 0.1) is 11.1 Å². The zero-order chi connectivity index (χ0) is 19.8. The van der Waals surface area contributed by atoms with Gasteiger partial charge in [0.15, 0.2) is 0 Å². The molecule has 0 spiro atoms. The Hall–Kier alpha value is -2.90. The minimum absolute atomic E-state index is 0.142. The number of benzene rings is 2. The fourth-order valence-electron chi connectivity index (χ4n) is 2.73. The Morgan fingerprint density at radius 1 is 0.630 bits per heavy atom. The van der Waals surface area contributed by atoms with Crippen LogP contribution in [0.5, 0.6) is 0 Å². The molecule has 2 aromatic carbocycles. The highest BCUT2D eigenvalue weighted by atomic mass is 19.4. The number of aromatic nitrogens is 1. The van der Waals surface area contributed by atoms with E-state index in [1.807, 2.05) is 0 Å². The summed E-state index contributed by atoms with van der Waals surface area (Å²) in [5.74, 6) is -1.21. The van der Waals surface area contributed by atoms with Crippen molar-refractivity contribution in [1.29, 1.82) is 0 Å². The summed E-state index contributed by atoms with van der Waals surface area (Å²) in [6.45, 7) is 0. The van der Waals surface area contributed by atoms with Crippen LogP contribution in [0.15, 0.2) is 60.8 Å². The van der Waals surface area contributed by atoms with Crippen molar-refractivity contribution in [1.82, 2.24) is 4.98 Å². The smallest absolute Gasteiger partial charge is 0.227 e. The third-order valence-corrected chi connectivity index (χ3v) is 3.91. The van der Waals surface area contributed by atoms with Gasteiger partial charge in [-0.15, -0.1) is 0 Å². The summed E-state index contributed by atoms with van der Waals surface area (Å²) < 4.78 is 93.5. The Balaban J connectivity index is 2.23. The zero-order valence-corrected chi connectivity index (χ0v) is 13.4. The molecule has 0 aliphatic heterocycles. The lowest BCUT2D eigenvalue weighted by Gasteiger charge is -2.15. The lowest BCUT2D eigenvalue weighted by molar-refractivity contribution is -0.137. The molecule has 0 bridgehead atoms. The monoisotopic (exact) mass is 385 g/mol. The normalized spacial score (nSPS) is 12.3. The van der Waals surface area contributed by atoms with Gasteiger partial charge in [-0.1, -0.05) is 36.4 Å². The van der Waals surface area contributed by atoms with Gasteiger partial charge >= 0.3 is 12.4 Å². The molecule has 0 saturated carbocycles. The van der Waals surface area contributed by atoms with Gasteiger partial charge in [0.1, 0.15) is 0 Å². The van der Waals surface area contributed by atoms with E-state index in [1.54, 1.807) is 0 Å². The minimum atomic E-state index is -4.76. The average Bonchev–Trinajstić information content (AvgIpc) is 2.61. The highest BCUT2D eigenvalue weighted by Gasteiger charge is 2.35. The van der Waals surface area contributed by atoms with Crippen LogP contribution in [0, 0.1) is 5.95 Å². The summed E-state index contributed by atoms with van der Waals surface area (Å²) in [6, 6.07) is 9.69. The van der Waals surface area contributed by atoms with Crippen LogP contribution in [0.1, 0.15) is 11.1 Å². The standard InChI is InChI=1S/C19H10F7N/c20-17-14(13-6-2-4-8-16(13)19(24,25)26)9-11(10-27-17)12-5-1-3-7-15(12)18(21,22)23/h1-10H. The van der Waals surface area contributed by atoms with Crippen molar-refractivity contribution < 1.29 is 30.7 Å². The van der Waals surface area contributed by atoms with Crippen molar-refractivity contribution in [3.8, 4) is 22.3 Å². The van der Waals surface area contributed by atoms with E-state index in [1.165, 1.54) is 18.2 Å². The second-order valence-electron chi connectivity index (χ2n) is 5.65. The van der Waals surface area contributed by atoms with E-state index in [0.717, 1.165) is 42.6 Å². The van der Waals surface area contributed by atoms with E-state index in [0.29, 0.717) is 0 Å². The Morgan fingerprint density at radius 3 is 1.67 bits per heavy atom. The number of halogens is 7. The molecule has 0 saturated heterocycles. The summed E-state index contributed by atoms with van der Waals surface area (Å²) >= 11 is 0. The molecule has 8 heteroatoms. The average molecular weight is 385 g/mol. The van der Waals surface area contributed by atoms with Gasteiger partial charge in [-0.3, -0.25) is 0 Å². The largest absolute Gasteiger partial charge is 0.417 e. The minimum Gasteiger partial charge on any atom is -0.227 e. The number of alkyl halides is 6. The number of pyridine rings is 1. The van der Waals surface area contributed by atoms with Crippen LogP contribution in [0.4, 0.5) is 30.7 Å². The van der Waals surface area contributed by atoms with Crippen molar-refractivity contribution in [3.05, 3.63) is 77.9 Å². The van der Waals surface area contributed by atoms with Gasteiger partial charge < -0.3 is 0 Å². The van der Waals surface area contributed by atoms with E-state index in [2.05, 4.69) is 4.98 Å². The van der Waals surface area contributed by atoms with Crippen molar-refractivity contribution in [2.45, 2.75) is 12.4 Å². The van der Waals surface area contributed by atoms with Crippen LogP contribution >= 0.6 is 0 Å². The Labute approximate surface area is 149 Å². The summed E-state index contributed by atoms with van der Waals surface area (Å²) in [4.78, 5) is 3.38. The molecule has 0 amide bonds. The summed E-state index contributed by atoms with van der Waals surface area (Å²) in [6.07, 6.45) is -8.59. The van der Waals surface area contributed by atoms with Crippen molar-refractivity contribution in [2.24, 2.45) is 0 Å². The molecule has 27 heavy (non-hydrogen) atoms. The number of nitrogens with zero attached hydrogens (tertiary/aromatic N) is 1. The van der Waals surface area contributed by atoms with E-state index in [4.69, 9.17) is 0 Å². The van der Waals surface area contributed by atoms with Crippen LogP contribution in [0.25, 0.3) is 22.3 Å². The molecule has 0 radical (unpaired) electrons. The van der Waals surface area contributed by atoms with E-state index in [-0.39, 0.29) is 11.1 Å². The first-order chi connectivity index (χ1) is 12.6. The van der Waals surface area contributed by atoms with Crippen LogP contribution < -0.4 is 0 Å². The number of hydrogen-bond donors (Lipinski definition) is 0. The molecule has 3 aromatic rings. The van der Waals surface area contributed by atoms with Crippen LogP contribution in [-0.2, 0) is 12.4 Å². The molecule has 140 valence electrons. The maximum Gasteiger partial charge on any atom is 0.417 e. The zero-order valence-electron chi connectivity index (χ0n) is 13.4. The third kappa shape index (κ3) is 3.79. The Bertz CT molecular complexity index is 974. The van der Waals surface area contributed by atoms with Crippen LogP contribution in [0.3, 0.4) is 0 Å². The second kappa shape index (κ2) is 6.68. The molecular formula is C19H10F7N. The van der Waals surface area contributed by atoms with Crippen LogP contribution in [0.2, 0.25) is 0 Å². The van der Waals surface area contributed by atoms with Crippen molar-refractivity contribution >= 4 is 0 Å². The maximum absolute atomic E-state index is 14.2. The molecule has 0 unspecified atom stereocenters. The second-order valence-corrected chi connectivity index (χ2v) is 5.65. The molecule has 1 heterocycles. The highest BCUT2D eigenvalue weighted by molar-refractivity contribution is 5.76. The predicted molar refractivity (Wildman–Crippen MR) is 85.1 cm³/mol. The number of rotatable bonds is 2. The van der Waals surface area contributed by atoms with Crippen LogP contribution in [-0.4, -0.2) is 4.98 Å². The fraction of sp³-hybridized carbons (Fsp3) is 0.105. The molecule has 0 atom stereocenters. The van der Waals surface area contributed by atoms with Gasteiger partial charge in [-0.25, -0.2) is 4.98 Å². The van der Waals surface area contributed by atoms with E-state index < -0.39 is 40.6 Å². The third-order valence-electron chi connectivity index (χ3n) is 3.91. The lowest BCUT2D eigenvalue weighted by atomic mass is 9.95. The predicted octanol–water partition coefficient (Wildman–Crippen LogP) is 6.59.